The Morgan fingerprint density at radius 3 is 2.88 bits per heavy atom. The smallest absolute Gasteiger partial charge is 0.155 e. The van der Waals surface area contributed by atoms with Crippen LogP contribution in [0.2, 0.25) is 0 Å². The van der Waals surface area contributed by atoms with Gasteiger partial charge < -0.3 is 5.73 Å². The first-order valence-corrected chi connectivity index (χ1v) is 6.43. The molecule has 0 atom stereocenters. The van der Waals surface area contributed by atoms with Crippen molar-refractivity contribution in [2.75, 3.05) is 6.54 Å². The average molecular weight is 230 g/mol. The molecule has 0 saturated heterocycles. The maximum Gasteiger partial charge on any atom is 0.155 e. The summed E-state index contributed by atoms with van der Waals surface area (Å²) in [5, 5.41) is 4.66. The fraction of sp³-hybridized carbons (Fsp3) is 0.538. The Hall–Kier alpha value is -1.42. The highest BCUT2D eigenvalue weighted by molar-refractivity contribution is 5.39. The van der Waals surface area contributed by atoms with Gasteiger partial charge in [-0.3, -0.25) is 0 Å². The van der Waals surface area contributed by atoms with Gasteiger partial charge in [0.1, 0.15) is 0 Å². The van der Waals surface area contributed by atoms with E-state index in [0.717, 1.165) is 23.6 Å². The summed E-state index contributed by atoms with van der Waals surface area (Å²) < 4.78 is 1.96. The van der Waals surface area contributed by atoms with E-state index in [0.29, 0.717) is 12.5 Å². The predicted octanol–water partition coefficient (Wildman–Crippen LogP) is 1.89. The topological polar surface area (TPSA) is 56.2 Å². The minimum Gasteiger partial charge on any atom is -0.330 e. The molecule has 0 bridgehead atoms. The molecule has 17 heavy (non-hydrogen) atoms. The van der Waals surface area contributed by atoms with Gasteiger partial charge in [-0.25, -0.2) is 9.50 Å². The molecule has 2 aromatic rings. The van der Waals surface area contributed by atoms with Gasteiger partial charge in [0.05, 0.1) is 0 Å². The first-order valence-electron chi connectivity index (χ1n) is 6.43. The van der Waals surface area contributed by atoms with Crippen LogP contribution in [0.1, 0.15) is 43.1 Å². The summed E-state index contributed by atoms with van der Waals surface area (Å²) in [5.41, 5.74) is 7.73. The molecule has 1 saturated carbocycles. The molecule has 90 valence electrons. The Morgan fingerprint density at radius 1 is 1.29 bits per heavy atom. The summed E-state index contributed by atoms with van der Waals surface area (Å²) in [6.07, 6.45) is 5.96. The van der Waals surface area contributed by atoms with Gasteiger partial charge in [-0.1, -0.05) is 18.9 Å². The van der Waals surface area contributed by atoms with Gasteiger partial charge in [-0.15, -0.1) is 0 Å². The first-order chi connectivity index (χ1) is 8.38. The first kappa shape index (κ1) is 10.7. The highest BCUT2D eigenvalue weighted by atomic mass is 15.3. The summed E-state index contributed by atoms with van der Waals surface area (Å²) in [5.74, 6) is 1.59. The molecule has 0 radical (unpaired) electrons. The van der Waals surface area contributed by atoms with E-state index >= 15 is 0 Å². The van der Waals surface area contributed by atoms with Crippen LogP contribution in [0.5, 0.6) is 0 Å². The molecule has 3 rings (SSSR count). The number of hydrogen-bond acceptors (Lipinski definition) is 3. The van der Waals surface area contributed by atoms with Crippen LogP contribution < -0.4 is 5.73 Å². The third-order valence-corrected chi connectivity index (χ3v) is 3.58. The van der Waals surface area contributed by atoms with Crippen molar-refractivity contribution in [2.45, 2.75) is 38.0 Å². The number of nitrogens with zero attached hydrogens (tertiary/aromatic N) is 3. The highest BCUT2D eigenvalue weighted by Gasteiger charge is 2.21. The monoisotopic (exact) mass is 230 g/mol. The lowest BCUT2D eigenvalue weighted by Crippen LogP contribution is -2.07. The highest BCUT2D eigenvalue weighted by Crippen LogP contribution is 2.32. The molecule has 2 N–H and O–H groups in total. The maximum absolute atomic E-state index is 5.62. The van der Waals surface area contributed by atoms with Crippen LogP contribution in [-0.4, -0.2) is 21.1 Å². The Labute approximate surface area is 101 Å². The second-order valence-electron chi connectivity index (χ2n) is 4.78. The Balaban J connectivity index is 2.02. The quantitative estimate of drug-likeness (QED) is 0.876. The molecule has 2 aromatic heterocycles. The third kappa shape index (κ3) is 1.93. The normalized spacial score (nSPS) is 17.0. The summed E-state index contributed by atoms with van der Waals surface area (Å²) in [7, 11) is 0. The summed E-state index contributed by atoms with van der Waals surface area (Å²) >= 11 is 0. The molecule has 4 heteroatoms. The van der Waals surface area contributed by atoms with Crippen LogP contribution in [0.3, 0.4) is 0 Å². The SMILES string of the molecule is NCCc1cccc2nc(C3CCCC3)nn12. The van der Waals surface area contributed by atoms with Gasteiger partial charge in [0.15, 0.2) is 11.5 Å². The van der Waals surface area contributed by atoms with Gasteiger partial charge in [-0.2, -0.15) is 5.10 Å². The minimum absolute atomic E-state index is 0.570. The molecular weight excluding hydrogens is 212 g/mol. The van der Waals surface area contributed by atoms with E-state index in [4.69, 9.17) is 5.73 Å². The number of hydrogen-bond donors (Lipinski definition) is 1. The Kier molecular flexibility index (Phi) is 2.81. The van der Waals surface area contributed by atoms with Crippen LogP contribution in [0.15, 0.2) is 18.2 Å². The van der Waals surface area contributed by atoms with Crippen LogP contribution in [-0.2, 0) is 6.42 Å². The van der Waals surface area contributed by atoms with Crippen LogP contribution >= 0.6 is 0 Å². The fourth-order valence-electron chi connectivity index (χ4n) is 2.67. The van der Waals surface area contributed by atoms with Crippen molar-refractivity contribution in [3.63, 3.8) is 0 Å². The van der Waals surface area contributed by atoms with Crippen molar-refractivity contribution in [1.29, 1.82) is 0 Å². The number of nitrogens with two attached hydrogens (primary N) is 1. The van der Waals surface area contributed by atoms with Gasteiger partial charge in [-0.05, 0) is 31.5 Å². The van der Waals surface area contributed by atoms with Gasteiger partial charge >= 0.3 is 0 Å². The van der Waals surface area contributed by atoms with E-state index in [1.807, 2.05) is 16.6 Å². The van der Waals surface area contributed by atoms with Gasteiger partial charge in [0.2, 0.25) is 0 Å². The zero-order chi connectivity index (χ0) is 11.7. The average Bonchev–Trinajstić information content (AvgIpc) is 2.98. The fourth-order valence-corrected chi connectivity index (χ4v) is 2.67. The van der Waals surface area contributed by atoms with Gasteiger partial charge in [0, 0.05) is 18.0 Å². The molecule has 2 heterocycles. The molecule has 1 aliphatic rings. The van der Waals surface area contributed by atoms with Crippen LogP contribution in [0, 0.1) is 0 Å². The molecule has 0 unspecified atom stereocenters. The molecule has 1 aliphatic carbocycles. The van der Waals surface area contributed by atoms with E-state index in [-0.39, 0.29) is 0 Å². The molecule has 0 spiro atoms. The maximum atomic E-state index is 5.62. The van der Waals surface area contributed by atoms with E-state index in [1.165, 1.54) is 25.7 Å². The largest absolute Gasteiger partial charge is 0.330 e. The van der Waals surface area contributed by atoms with Crippen molar-refractivity contribution >= 4 is 5.65 Å². The van der Waals surface area contributed by atoms with E-state index in [1.54, 1.807) is 0 Å². The Bertz CT molecular complexity index is 511. The minimum atomic E-state index is 0.570. The summed E-state index contributed by atoms with van der Waals surface area (Å²) in [6.45, 7) is 0.651. The summed E-state index contributed by atoms with van der Waals surface area (Å²) in [6, 6.07) is 6.13. The molecular formula is C13H18N4. The van der Waals surface area contributed by atoms with Crippen molar-refractivity contribution in [2.24, 2.45) is 5.73 Å². The standard InChI is InChI=1S/C13H18N4/c14-9-8-11-6-3-7-12-15-13(16-17(11)12)10-4-1-2-5-10/h3,6-7,10H,1-2,4-5,8-9,14H2. The van der Waals surface area contributed by atoms with Crippen LogP contribution in [0.25, 0.3) is 5.65 Å². The number of pyridine rings is 1. The number of rotatable bonds is 3. The van der Waals surface area contributed by atoms with E-state index in [2.05, 4.69) is 16.1 Å². The van der Waals surface area contributed by atoms with Gasteiger partial charge in [0.25, 0.3) is 0 Å². The second kappa shape index (κ2) is 4.45. The zero-order valence-electron chi connectivity index (χ0n) is 9.97. The third-order valence-electron chi connectivity index (χ3n) is 3.58. The van der Waals surface area contributed by atoms with E-state index in [9.17, 15) is 0 Å². The van der Waals surface area contributed by atoms with Crippen molar-refractivity contribution in [3.8, 4) is 0 Å². The van der Waals surface area contributed by atoms with Crippen molar-refractivity contribution < 1.29 is 0 Å². The molecule has 0 amide bonds. The van der Waals surface area contributed by atoms with Crippen molar-refractivity contribution in [1.82, 2.24) is 14.6 Å². The van der Waals surface area contributed by atoms with Crippen LogP contribution in [0.4, 0.5) is 0 Å². The molecule has 4 nitrogen and oxygen atoms in total. The summed E-state index contributed by atoms with van der Waals surface area (Å²) in [4.78, 5) is 4.65. The van der Waals surface area contributed by atoms with Crippen molar-refractivity contribution in [3.05, 3.63) is 29.7 Å². The van der Waals surface area contributed by atoms with E-state index < -0.39 is 0 Å². The lowest BCUT2D eigenvalue weighted by atomic mass is 10.1. The Morgan fingerprint density at radius 2 is 2.12 bits per heavy atom. The second-order valence-corrected chi connectivity index (χ2v) is 4.78. The zero-order valence-corrected chi connectivity index (χ0v) is 9.97. The molecule has 0 aliphatic heterocycles. The lowest BCUT2D eigenvalue weighted by molar-refractivity contribution is 0.661. The lowest BCUT2D eigenvalue weighted by Gasteiger charge is -2.02. The number of fused-ring (bicyclic) bond motifs is 1. The molecule has 1 fully saturated rings. The predicted molar refractivity (Wildman–Crippen MR) is 67.0 cm³/mol. The number of aromatic nitrogens is 3. The molecule has 0 aromatic carbocycles.